The number of rotatable bonds is 4. The summed E-state index contributed by atoms with van der Waals surface area (Å²) in [6, 6.07) is 14.1. The molecule has 5 rings (SSSR count). The molecular formula is C23H26N2OS. The van der Waals surface area contributed by atoms with E-state index in [0.717, 1.165) is 32.5 Å². The van der Waals surface area contributed by atoms with Crippen molar-refractivity contribution in [3.05, 3.63) is 63.9 Å². The Morgan fingerprint density at radius 3 is 2.89 bits per heavy atom. The van der Waals surface area contributed by atoms with Gasteiger partial charge >= 0.3 is 0 Å². The van der Waals surface area contributed by atoms with Gasteiger partial charge in [-0.25, -0.2) is 0 Å². The minimum atomic E-state index is 0.323. The third-order valence-electron chi connectivity index (χ3n) is 6.43. The summed E-state index contributed by atoms with van der Waals surface area (Å²) in [5, 5.41) is 2.15. The summed E-state index contributed by atoms with van der Waals surface area (Å²) in [4.78, 5) is 18.9. The van der Waals surface area contributed by atoms with Gasteiger partial charge in [0.25, 0.3) is 0 Å². The monoisotopic (exact) mass is 378 g/mol. The molecule has 2 unspecified atom stereocenters. The van der Waals surface area contributed by atoms with Gasteiger partial charge in [0.05, 0.1) is 0 Å². The van der Waals surface area contributed by atoms with Crippen molar-refractivity contribution in [2.24, 2.45) is 0 Å². The molecule has 140 valence electrons. The smallest absolute Gasteiger partial charge is 0.224 e. The molecule has 0 saturated carbocycles. The predicted molar refractivity (Wildman–Crippen MR) is 111 cm³/mol. The molecule has 2 atom stereocenters. The Labute approximate surface area is 165 Å². The standard InChI is InChI=1S/C23H26N2OS/c26-23(24-11-8-22-18(16-24)10-13-27-22)9-12-25-20-6-7-21(25)15-19(14-20)17-4-2-1-3-5-17/h1-5,10,13-14,20-21H,6-9,11-12,15-16H2. The quantitative estimate of drug-likeness (QED) is 0.790. The molecule has 0 radical (unpaired) electrons. The van der Waals surface area contributed by atoms with Gasteiger partial charge in [0, 0.05) is 43.0 Å². The van der Waals surface area contributed by atoms with Gasteiger partial charge < -0.3 is 4.90 Å². The predicted octanol–water partition coefficient (Wildman–Crippen LogP) is 4.34. The number of amides is 1. The van der Waals surface area contributed by atoms with Crippen molar-refractivity contribution in [1.82, 2.24) is 9.80 Å². The summed E-state index contributed by atoms with van der Waals surface area (Å²) in [5.41, 5.74) is 4.21. The van der Waals surface area contributed by atoms with E-state index in [-0.39, 0.29) is 0 Å². The molecule has 1 fully saturated rings. The van der Waals surface area contributed by atoms with Gasteiger partial charge in [0.2, 0.25) is 5.91 Å². The number of thiophene rings is 1. The van der Waals surface area contributed by atoms with Gasteiger partial charge in [-0.15, -0.1) is 11.3 Å². The van der Waals surface area contributed by atoms with E-state index >= 15 is 0 Å². The molecule has 4 heteroatoms. The van der Waals surface area contributed by atoms with Gasteiger partial charge in [-0.2, -0.15) is 0 Å². The number of hydrogen-bond donors (Lipinski definition) is 0. The fourth-order valence-corrected chi connectivity index (χ4v) is 5.87. The molecule has 3 aliphatic rings. The van der Waals surface area contributed by atoms with Crippen LogP contribution in [-0.2, 0) is 17.8 Å². The molecule has 2 bridgehead atoms. The zero-order valence-corrected chi connectivity index (χ0v) is 16.5. The molecule has 0 aliphatic carbocycles. The molecule has 0 spiro atoms. The number of carbonyl (C=O) groups is 1. The van der Waals surface area contributed by atoms with E-state index < -0.39 is 0 Å². The molecule has 4 heterocycles. The second kappa shape index (κ2) is 7.25. The largest absolute Gasteiger partial charge is 0.338 e. The second-order valence-electron chi connectivity index (χ2n) is 7.98. The molecule has 1 aromatic heterocycles. The Kier molecular flexibility index (Phi) is 4.62. The summed E-state index contributed by atoms with van der Waals surface area (Å²) >= 11 is 1.83. The van der Waals surface area contributed by atoms with Crippen LogP contribution in [0.25, 0.3) is 5.57 Å². The first kappa shape index (κ1) is 17.2. The van der Waals surface area contributed by atoms with Crippen LogP contribution >= 0.6 is 11.3 Å². The lowest BCUT2D eigenvalue weighted by atomic mass is 9.94. The van der Waals surface area contributed by atoms with Crippen LogP contribution in [0.15, 0.2) is 47.9 Å². The molecular weight excluding hydrogens is 352 g/mol. The highest BCUT2D eigenvalue weighted by Gasteiger charge is 2.36. The highest BCUT2D eigenvalue weighted by molar-refractivity contribution is 7.10. The Bertz CT molecular complexity index is 856. The fraction of sp³-hybridized carbons (Fsp3) is 0.435. The van der Waals surface area contributed by atoms with Crippen molar-refractivity contribution >= 4 is 22.8 Å². The number of carbonyl (C=O) groups excluding carboxylic acids is 1. The minimum Gasteiger partial charge on any atom is -0.338 e. The lowest BCUT2D eigenvalue weighted by Gasteiger charge is -2.35. The van der Waals surface area contributed by atoms with Crippen LogP contribution in [0, 0.1) is 0 Å². The molecule has 3 nitrogen and oxygen atoms in total. The topological polar surface area (TPSA) is 23.6 Å². The number of hydrogen-bond acceptors (Lipinski definition) is 3. The molecule has 0 N–H and O–H groups in total. The van der Waals surface area contributed by atoms with Gasteiger partial charge in [-0.3, -0.25) is 9.69 Å². The summed E-state index contributed by atoms with van der Waals surface area (Å²) in [6.07, 6.45) is 7.75. The van der Waals surface area contributed by atoms with E-state index in [2.05, 4.69) is 57.7 Å². The molecule has 3 aliphatic heterocycles. The van der Waals surface area contributed by atoms with Gasteiger partial charge in [-0.1, -0.05) is 36.4 Å². The fourth-order valence-electron chi connectivity index (χ4n) is 4.98. The first-order chi connectivity index (χ1) is 13.3. The van der Waals surface area contributed by atoms with Gasteiger partial charge in [0.1, 0.15) is 0 Å². The zero-order valence-electron chi connectivity index (χ0n) is 15.6. The zero-order chi connectivity index (χ0) is 18.2. The summed E-state index contributed by atoms with van der Waals surface area (Å²) in [6.45, 7) is 2.60. The third-order valence-corrected chi connectivity index (χ3v) is 7.45. The van der Waals surface area contributed by atoms with E-state index in [1.165, 1.54) is 34.4 Å². The first-order valence-corrected chi connectivity index (χ1v) is 11.0. The van der Waals surface area contributed by atoms with Crippen molar-refractivity contribution in [2.45, 2.75) is 50.7 Å². The minimum absolute atomic E-state index is 0.323. The van der Waals surface area contributed by atoms with Crippen LogP contribution in [0.3, 0.4) is 0 Å². The van der Waals surface area contributed by atoms with Gasteiger partial charge in [-0.05, 0) is 53.8 Å². The van der Waals surface area contributed by atoms with E-state index in [0.29, 0.717) is 24.4 Å². The van der Waals surface area contributed by atoms with Crippen molar-refractivity contribution in [2.75, 3.05) is 13.1 Å². The lowest BCUT2D eigenvalue weighted by molar-refractivity contribution is -0.132. The Hall–Kier alpha value is -1.91. The molecule has 1 aromatic carbocycles. The Morgan fingerprint density at radius 1 is 1.15 bits per heavy atom. The van der Waals surface area contributed by atoms with E-state index in [4.69, 9.17) is 0 Å². The molecule has 1 saturated heterocycles. The summed E-state index contributed by atoms with van der Waals surface area (Å²) in [7, 11) is 0. The number of fused-ring (bicyclic) bond motifs is 3. The number of benzene rings is 1. The van der Waals surface area contributed by atoms with Crippen LogP contribution in [-0.4, -0.2) is 40.9 Å². The van der Waals surface area contributed by atoms with Crippen LogP contribution in [0.2, 0.25) is 0 Å². The van der Waals surface area contributed by atoms with Crippen molar-refractivity contribution in [1.29, 1.82) is 0 Å². The average Bonchev–Trinajstić information content (AvgIpc) is 3.27. The summed E-state index contributed by atoms with van der Waals surface area (Å²) < 4.78 is 0. The Morgan fingerprint density at radius 2 is 2.04 bits per heavy atom. The number of nitrogens with zero attached hydrogens (tertiary/aromatic N) is 2. The molecule has 2 aromatic rings. The maximum Gasteiger partial charge on any atom is 0.224 e. The van der Waals surface area contributed by atoms with E-state index in [1.54, 1.807) is 0 Å². The van der Waals surface area contributed by atoms with Crippen molar-refractivity contribution in [3.63, 3.8) is 0 Å². The van der Waals surface area contributed by atoms with E-state index in [9.17, 15) is 4.79 Å². The summed E-state index contributed by atoms with van der Waals surface area (Å²) in [5.74, 6) is 0.323. The maximum absolute atomic E-state index is 12.8. The maximum atomic E-state index is 12.8. The normalized spacial score (nSPS) is 24.6. The van der Waals surface area contributed by atoms with Crippen molar-refractivity contribution < 1.29 is 4.79 Å². The molecule has 27 heavy (non-hydrogen) atoms. The van der Waals surface area contributed by atoms with Crippen LogP contribution < -0.4 is 0 Å². The third kappa shape index (κ3) is 3.37. The highest BCUT2D eigenvalue weighted by atomic mass is 32.1. The second-order valence-corrected chi connectivity index (χ2v) is 8.98. The van der Waals surface area contributed by atoms with E-state index in [1.807, 2.05) is 11.3 Å². The van der Waals surface area contributed by atoms with Gasteiger partial charge in [0.15, 0.2) is 0 Å². The van der Waals surface area contributed by atoms with Crippen LogP contribution in [0.4, 0.5) is 0 Å². The van der Waals surface area contributed by atoms with Crippen molar-refractivity contribution in [3.8, 4) is 0 Å². The highest BCUT2D eigenvalue weighted by Crippen LogP contribution is 2.38. The average molecular weight is 379 g/mol. The van der Waals surface area contributed by atoms with Crippen LogP contribution in [0.5, 0.6) is 0 Å². The Balaban J connectivity index is 1.21. The first-order valence-electron chi connectivity index (χ1n) is 10.1. The van der Waals surface area contributed by atoms with Crippen LogP contribution in [0.1, 0.15) is 41.7 Å². The SMILES string of the molecule is O=C(CCN1C2C=C(c3ccccc3)CC1CC2)N1CCc2sccc2C1. The lowest BCUT2D eigenvalue weighted by Crippen LogP contribution is -2.42. The molecule has 1 amide bonds.